The van der Waals surface area contributed by atoms with Gasteiger partial charge in [0.25, 0.3) is 11.7 Å². The summed E-state index contributed by atoms with van der Waals surface area (Å²) < 4.78 is 27.3. The number of Topliss-reactive ketones (excluding diaryl/α,β-unsaturated/α-hetero) is 1. The SMILES string of the molecule is O=C1C(=O)N(Cc2cncs2)c2c(F)ccc(F)c21. The number of nitrogens with zero attached hydrogens (tertiary/aromatic N) is 2. The summed E-state index contributed by atoms with van der Waals surface area (Å²) in [5, 5.41) is 0. The molecular formula is C12H6F2N2O2S. The molecule has 0 unspecified atom stereocenters. The van der Waals surface area contributed by atoms with Crippen LogP contribution in [0.3, 0.4) is 0 Å². The number of carbonyl (C=O) groups excluding carboxylic acids is 2. The average Bonchev–Trinajstić information content (AvgIpc) is 2.97. The van der Waals surface area contributed by atoms with Gasteiger partial charge in [-0.05, 0) is 12.1 Å². The maximum Gasteiger partial charge on any atom is 0.300 e. The molecule has 1 aromatic carbocycles. The zero-order chi connectivity index (χ0) is 13.6. The van der Waals surface area contributed by atoms with Gasteiger partial charge in [-0.1, -0.05) is 0 Å². The smallest absolute Gasteiger partial charge is 0.297 e. The third-order valence-corrected chi connectivity index (χ3v) is 3.58. The Kier molecular flexibility index (Phi) is 2.63. The number of aromatic nitrogens is 1. The van der Waals surface area contributed by atoms with Crippen molar-refractivity contribution in [2.75, 3.05) is 4.90 Å². The lowest BCUT2D eigenvalue weighted by Gasteiger charge is -2.15. The third-order valence-electron chi connectivity index (χ3n) is 2.81. The van der Waals surface area contributed by atoms with Crippen molar-refractivity contribution in [3.8, 4) is 0 Å². The van der Waals surface area contributed by atoms with Crippen molar-refractivity contribution in [3.05, 3.63) is 45.9 Å². The Bertz CT molecular complexity index is 685. The standard InChI is InChI=1S/C12H6F2N2O2S/c13-7-1-2-8(14)10-9(7)11(17)12(18)16(10)4-6-3-15-5-19-6/h1-3,5H,4H2. The van der Waals surface area contributed by atoms with Crippen LogP contribution in [0.15, 0.2) is 23.8 Å². The summed E-state index contributed by atoms with van der Waals surface area (Å²) in [5.41, 5.74) is 0.776. The Labute approximate surface area is 110 Å². The van der Waals surface area contributed by atoms with Crippen molar-refractivity contribution in [1.82, 2.24) is 4.98 Å². The first-order valence-corrected chi connectivity index (χ1v) is 6.19. The number of rotatable bonds is 2. The van der Waals surface area contributed by atoms with Crippen molar-refractivity contribution < 1.29 is 18.4 Å². The van der Waals surface area contributed by atoms with Gasteiger partial charge in [-0.15, -0.1) is 11.3 Å². The van der Waals surface area contributed by atoms with Gasteiger partial charge >= 0.3 is 0 Å². The highest BCUT2D eigenvalue weighted by Crippen LogP contribution is 2.34. The molecule has 19 heavy (non-hydrogen) atoms. The molecule has 0 saturated carbocycles. The molecule has 7 heteroatoms. The highest BCUT2D eigenvalue weighted by Gasteiger charge is 2.40. The summed E-state index contributed by atoms with van der Waals surface area (Å²) in [7, 11) is 0. The maximum absolute atomic E-state index is 13.8. The quantitative estimate of drug-likeness (QED) is 0.792. The second-order valence-corrected chi connectivity index (χ2v) is 4.91. The zero-order valence-corrected chi connectivity index (χ0v) is 10.2. The minimum Gasteiger partial charge on any atom is -0.297 e. The van der Waals surface area contributed by atoms with Gasteiger partial charge in [0, 0.05) is 11.1 Å². The molecule has 0 atom stereocenters. The zero-order valence-electron chi connectivity index (χ0n) is 9.39. The summed E-state index contributed by atoms with van der Waals surface area (Å²) in [5.74, 6) is -3.62. The van der Waals surface area contributed by atoms with E-state index in [-0.39, 0.29) is 12.2 Å². The highest BCUT2D eigenvalue weighted by molar-refractivity contribution is 7.09. The van der Waals surface area contributed by atoms with E-state index >= 15 is 0 Å². The number of benzene rings is 1. The predicted molar refractivity (Wildman–Crippen MR) is 64.0 cm³/mol. The van der Waals surface area contributed by atoms with E-state index in [4.69, 9.17) is 0 Å². The molecule has 0 spiro atoms. The topological polar surface area (TPSA) is 50.3 Å². The highest BCUT2D eigenvalue weighted by atomic mass is 32.1. The molecule has 1 amide bonds. The number of anilines is 1. The lowest BCUT2D eigenvalue weighted by Crippen LogP contribution is -2.29. The van der Waals surface area contributed by atoms with Crippen LogP contribution in [-0.4, -0.2) is 16.7 Å². The summed E-state index contributed by atoms with van der Waals surface area (Å²) in [6.07, 6.45) is 1.51. The first-order chi connectivity index (χ1) is 9.09. The van der Waals surface area contributed by atoms with E-state index in [0.29, 0.717) is 4.88 Å². The molecule has 3 rings (SSSR count). The molecule has 2 aromatic rings. The molecule has 4 nitrogen and oxygen atoms in total. The van der Waals surface area contributed by atoms with Gasteiger partial charge in [0.2, 0.25) is 0 Å². The number of ketones is 1. The Balaban J connectivity index is 2.12. The molecular weight excluding hydrogens is 274 g/mol. The van der Waals surface area contributed by atoms with E-state index < -0.39 is 28.9 Å². The van der Waals surface area contributed by atoms with Crippen LogP contribution >= 0.6 is 11.3 Å². The minimum atomic E-state index is -1.02. The van der Waals surface area contributed by atoms with E-state index in [1.165, 1.54) is 17.5 Å². The van der Waals surface area contributed by atoms with E-state index in [9.17, 15) is 18.4 Å². The van der Waals surface area contributed by atoms with Crippen molar-refractivity contribution in [3.63, 3.8) is 0 Å². The van der Waals surface area contributed by atoms with Gasteiger partial charge in [-0.25, -0.2) is 8.78 Å². The van der Waals surface area contributed by atoms with Gasteiger partial charge < -0.3 is 0 Å². The Morgan fingerprint density at radius 3 is 2.63 bits per heavy atom. The van der Waals surface area contributed by atoms with Crippen LogP contribution < -0.4 is 4.90 Å². The molecule has 0 aliphatic carbocycles. The lowest BCUT2D eigenvalue weighted by atomic mass is 10.1. The van der Waals surface area contributed by atoms with E-state index in [1.54, 1.807) is 5.51 Å². The molecule has 1 aliphatic rings. The fourth-order valence-electron chi connectivity index (χ4n) is 1.98. The maximum atomic E-state index is 13.8. The third kappa shape index (κ3) is 1.74. The number of hydrogen-bond acceptors (Lipinski definition) is 4. The van der Waals surface area contributed by atoms with Crippen molar-refractivity contribution >= 4 is 28.7 Å². The fourth-order valence-corrected chi connectivity index (χ4v) is 2.56. The van der Waals surface area contributed by atoms with Gasteiger partial charge in [-0.3, -0.25) is 19.5 Å². The number of fused-ring (bicyclic) bond motifs is 1. The second kappa shape index (κ2) is 4.20. The number of amides is 1. The molecule has 0 N–H and O–H groups in total. The Hall–Kier alpha value is -2.15. The fraction of sp³-hybridized carbons (Fsp3) is 0.0833. The number of hydrogen-bond donors (Lipinski definition) is 0. The van der Waals surface area contributed by atoms with Gasteiger partial charge in [0.05, 0.1) is 23.3 Å². The van der Waals surface area contributed by atoms with Crippen LogP contribution in [0.5, 0.6) is 0 Å². The summed E-state index contributed by atoms with van der Waals surface area (Å²) in [6, 6.07) is 1.75. The first kappa shape index (κ1) is 11.9. The normalized spacial score (nSPS) is 14.1. The predicted octanol–water partition coefficient (Wildman–Crippen LogP) is 2.15. The summed E-state index contributed by atoms with van der Waals surface area (Å²) in [6.45, 7) is 0.00259. The monoisotopic (exact) mass is 280 g/mol. The van der Waals surface area contributed by atoms with E-state index in [2.05, 4.69) is 4.98 Å². The van der Waals surface area contributed by atoms with Crippen LogP contribution in [0, 0.1) is 11.6 Å². The molecule has 2 heterocycles. The molecule has 96 valence electrons. The largest absolute Gasteiger partial charge is 0.300 e. The van der Waals surface area contributed by atoms with Crippen LogP contribution in [0.25, 0.3) is 0 Å². The van der Waals surface area contributed by atoms with Crippen LogP contribution in [0.4, 0.5) is 14.5 Å². The van der Waals surface area contributed by atoms with Gasteiger partial charge in [0.1, 0.15) is 11.6 Å². The van der Waals surface area contributed by atoms with Crippen molar-refractivity contribution in [2.45, 2.75) is 6.54 Å². The molecule has 0 fully saturated rings. The molecule has 1 aliphatic heterocycles. The van der Waals surface area contributed by atoms with Gasteiger partial charge in [-0.2, -0.15) is 0 Å². The number of thiazole rings is 1. The second-order valence-electron chi connectivity index (χ2n) is 3.94. The molecule has 1 aromatic heterocycles. The van der Waals surface area contributed by atoms with Crippen LogP contribution in [0.1, 0.15) is 15.2 Å². The van der Waals surface area contributed by atoms with E-state index in [1.807, 2.05) is 0 Å². The summed E-state index contributed by atoms with van der Waals surface area (Å²) in [4.78, 5) is 29.0. The van der Waals surface area contributed by atoms with Crippen LogP contribution in [0.2, 0.25) is 0 Å². The van der Waals surface area contributed by atoms with Crippen LogP contribution in [-0.2, 0) is 11.3 Å². The molecule has 0 saturated heterocycles. The van der Waals surface area contributed by atoms with Gasteiger partial charge in [0.15, 0.2) is 0 Å². The number of carbonyl (C=O) groups is 2. The Morgan fingerprint density at radius 1 is 1.21 bits per heavy atom. The summed E-state index contributed by atoms with van der Waals surface area (Å²) >= 11 is 1.27. The molecule has 0 bridgehead atoms. The van der Waals surface area contributed by atoms with E-state index in [0.717, 1.165) is 17.0 Å². The molecule has 0 radical (unpaired) electrons. The van der Waals surface area contributed by atoms with Crippen molar-refractivity contribution in [2.24, 2.45) is 0 Å². The first-order valence-electron chi connectivity index (χ1n) is 5.31. The number of halogens is 2. The lowest BCUT2D eigenvalue weighted by molar-refractivity contribution is -0.114. The van der Waals surface area contributed by atoms with Crippen molar-refractivity contribution in [1.29, 1.82) is 0 Å². The Morgan fingerprint density at radius 2 is 1.95 bits per heavy atom. The minimum absolute atomic E-state index is 0.00259. The average molecular weight is 280 g/mol.